The molecule has 0 bridgehead atoms. The number of hydrogen-bond acceptors (Lipinski definition) is 7. The van der Waals surface area contributed by atoms with Gasteiger partial charge in [-0.1, -0.05) is 0 Å². The standard InChI is InChI=1S/C18H22FN5O4S/c1-23-3-2-16(15(19)8-23)28-18-14(17(20)25)4-11(5-21-18)12-6-22-24(7-12)13-9-29(26,27)10-13/h4-7,13,15-16H,2-3,8-10H2,1H3,(H2,20,25)/t15-,16+/m0/s1. The highest BCUT2D eigenvalue weighted by atomic mass is 32.2. The molecule has 2 aromatic rings. The first-order valence-electron chi connectivity index (χ1n) is 9.26. The molecule has 2 N–H and O–H groups in total. The number of alkyl halides is 1. The van der Waals surface area contributed by atoms with Crippen LogP contribution in [0.25, 0.3) is 11.1 Å². The molecule has 1 amide bonds. The Morgan fingerprint density at radius 3 is 2.72 bits per heavy atom. The van der Waals surface area contributed by atoms with Crippen LogP contribution in [-0.2, 0) is 9.84 Å². The summed E-state index contributed by atoms with van der Waals surface area (Å²) in [6.45, 7) is 0.940. The molecule has 0 unspecified atom stereocenters. The van der Waals surface area contributed by atoms with Gasteiger partial charge in [0.2, 0.25) is 5.88 Å². The van der Waals surface area contributed by atoms with E-state index in [0.717, 1.165) is 0 Å². The number of aromatic nitrogens is 3. The van der Waals surface area contributed by atoms with Gasteiger partial charge in [-0.05, 0) is 19.5 Å². The van der Waals surface area contributed by atoms with E-state index in [2.05, 4.69) is 10.1 Å². The Kier molecular flexibility index (Phi) is 5.03. The molecule has 0 saturated carbocycles. The van der Waals surface area contributed by atoms with Gasteiger partial charge >= 0.3 is 0 Å². The number of amides is 1. The molecule has 4 rings (SSSR count). The van der Waals surface area contributed by atoms with Crippen LogP contribution in [0.5, 0.6) is 5.88 Å². The highest BCUT2D eigenvalue weighted by Crippen LogP contribution is 2.29. The molecule has 4 heterocycles. The van der Waals surface area contributed by atoms with Gasteiger partial charge in [0.15, 0.2) is 9.84 Å². The van der Waals surface area contributed by atoms with Gasteiger partial charge in [-0.15, -0.1) is 0 Å². The number of hydrogen-bond donors (Lipinski definition) is 1. The van der Waals surface area contributed by atoms with Crippen LogP contribution in [0, 0.1) is 0 Å². The number of carbonyl (C=O) groups is 1. The summed E-state index contributed by atoms with van der Waals surface area (Å²) in [7, 11) is -1.13. The number of rotatable bonds is 5. The van der Waals surface area contributed by atoms with Crippen LogP contribution in [0.1, 0.15) is 22.8 Å². The number of likely N-dealkylation sites (tertiary alicyclic amines) is 1. The Hall–Kier alpha value is -2.53. The van der Waals surface area contributed by atoms with Gasteiger partial charge in [-0.3, -0.25) is 9.48 Å². The van der Waals surface area contributed by atoms with E-state index in [1.54, 1.807) is 17.1 Å². The number of primary amides is 1. The molecular weight excluding hydrogens is 401 g/mol. The van der Waals surface area contributed by atoms with Crippen LogP contribution in [0.3, 0.4) is 0 Å². The Bertz CT molecular complexity index is 1030. The van der Waals surface area contributed by atoms with E-state index in [-0.39, 0.29) is 35.5 Å². The lowest BCUT2D eigenvalue weighted by Crippen LogP contribution is -2.45. The van der Waals surface area contributed by atoms with Crippen molar-refractivity contribution >= 4 is 15.7 Å². The maximum Gasteiger partial charge on any atom is 0.254 e. The summed E-state index contributed by atoms with van der Waals surface area (Å²) >= 11 is 0. The smallest absolute Gasteiger partial charge is 0.254 e. The van der Waals surface area contributed by atoms with Crippen LogP contribution in [-0.4, -0.2) is 77.9 Å². The molecule has 2 aliphatic heterocycles. The molecule has 0 radical (unpaired) electrons. The average Bonchev–Trinajstić information content (AvgIpc) is 3.12. The van der Waals surface area contributed by atoms with Crippen molar-refractivity contribution in [2.45, 2.75) is 24.7 Å². The van der Waals surface area contributed by atoms with Crippen molar-refractivity contribution in [1.82, 2.24) is 19.7 Å². The van der Waals surface area contributed by atoms with Crippen LogP contribution < -0.4 is 10.5 Å². The third-order valence-electron chi connectivity index (χ3n) is 5.27. The second-order valence-corrected chi connectivity index (χ2v) is 9.76. The number of halogens is 1. The van der Waals surface area contributed by atoms with Gasteiger partial charge in [0.05, 0.1) is 23.7 Å². The molecule has 0 aliphatic carbocycles. The molecule has 0 aromatic carbocycles. The summed E-state index contributed by atoms with van der Waals surface area (Å²) in [6.07, 6.45) is 3.39. The van der Waals surface area contributed by atoms with Gasteiger partial charge in [0.1, 0.15) is 17.8 Å². The van der Waals surface area contributed by atoms with E-state index >= 15 is 0 Å². The quantitative estimate of drug-likeness (QED) is 0.741. The minimum Gasteiger partial charge on any atom is -0.471 e. The molecule has 0 spiro atoms. The summed E-state index contributed by atoms with van der Waals surface area (Å²) in [5.41, 5.74) is 6.80. The Balaban J connectivity index is 1.55. The van der Waals surface area contributed by atoms with Crippen LogP contribution >= 0.6 is 0 Å². The van der Waals surface area contributed by atoms with E-state index in [9.17, 15) is 17.6 Å². The maximum absolute atomic E-state index is 14.3. The van der Waals surface area contributed by atoms with Gasteiger partial charge < -0.3 is 15.4 Å². The van der Waals surface area contributed by atoms with Crippen molar-refractivity contribution in [1.29, 1.82) is 0 Å². The molecule has 2 aliphatic rings. The number of nitrogens with two attached hydrogens (primary N) is 1. The number of sulfone groups is 1. The highest BCUT2D eigenvalue weighted by molar-refractivity contribution is 7.92. The molecule has 156 valence electrons. The van der Waals surface area contributed by atoms with Gasteiger partial charge in [0.25, 0.3) is 5.91 Å². The van der Waals surface area contributed by atoms with E-state index in [1.807, 2.05) is 11.9 Å². The zero-order valence-corrected chi connectivity index (χ0v) is 16.7. The maximum atomic E-state index is 14.3. The third kappa shape index (κ3) is 4.10. The molecule has 29 heavy (non-hydrogen) atoms. The zero-order chi connectivity index (χ0) is 20.8. The summed E-state index contributed by atoms with van der Waals surface area (Å²) < 4.78 is 44.3. The molecule has 11 heteroatoms. The second-order valence-electron chi connectivity index (χ2n) is 7.60. The molecule has 2 atom stereocenters. The number of carbonyl (C=O) groups excluding carboxylic acids is 1. The summed E-state index contributed by atoms with van der Waals surface area (Å²) in [5.74, 6) is -0.592. The van der Waals surface area contributed by atoms with E-state index < -0.39 is 28.0 Å². The van der Waals surface area contributed by atoms with Crippen LogP contribution in [0.2, 0.25) is 0 Å². The van der Waals surface area contributed by atoms with Crippen molar-refractivity contribution < 1.29 is 22.3 Å². The zero-order valence-electron chi connectivity index (χ0n) is 15.9. The van der Waals surface area contributed by atoms with Crippen molar-refractivity contribution in [3.8, 4) is 17.0 Å². The monoisotopic (exact) mass is 423 g/mol. The minimum absolute atomic E-state index is 0.0101. The fourth-order valence-corrected chi connectivity index (χ4v) is 4.95. The molecular formula is C18H22FN5O4S. The van der Waals surface area contributed by atoms with Crippen molar-refractivity contribution in [2.24, 2.45) is 5.73 Å². The van der Waals surface area contributed by atoms with E-state index in [1.165, 1.54) is 12.3 Å². The summed E-state index contributed by atoms with van der Waals surface area (Å²) in [6, 6.07) is 1.34. The van der Waals surface area contributed by atoms with Gasteiger partial charge in [0, 0.05) is 36.6 Å². The van der Waals surface area contributed by atoms with Crippen molar-refractivity contribution in [3.63, 3.8) is 0 Å². The summed E-state index contributed by atoms with van der Waals surface area (Å²) in [5, 5.41) is 4.21. The third-order valence-corrected chi connectivity index (χ3v) is 7.05. The van der Waals surface area contributed by atoms with Gasteiger partial charge in [-0.25, -0.2) is 17.8 Å². The number of pyridine rings is 1. The lowest BCUT2D eigenvalue weighted by Gasteiger charge is -2.32. The topological polar surface area (TPSA) is 120 Å². The lowest BCUT2D eigenvalue weighted by molar-refractivity contribution is 0.0280. The Labute approximate surface area is 167 Å². The number of piperidine rings is 1. The average molecular weight is 423 g/mol. The first-order chi connectivity index (χ1) is 13.7. The predicted molar refractivity (Wildman–Crippen MR) is 103 cm³/mol. The SMILES string of the molecule is CN1CC[C@@H](Oc2ncc(-c3cnn(C4CS(=O)(=O)C4)c3)cc2C(N)=O)[C@@H](F)C1. The van der Waals surface area contributed by atoms with Crippen molar-refractivity contribution in [2.75, 3.05) is 31.6 Å². The van der Waals surface area contributed by atoms with E-state index in [0.29, 0.717) is 24.1 Å². The Morgan fingerprint density at radius 2 is 2.07 bits per heavy atom. The van der Waals surface area contributed by atoms with Crippen LogP contribution in [0.4, 0.5) is 4.39 Å². The highest BCUT2D eigenvalue weighted by Gasteiger charge is 2.35. The van der Waals surface area contributed by atoms with Gasteiger partial charge in [-0.2, -0.15) is 5.10 Å². The first-order valence-corrected chi connectivity index (χ1v) is 11.1. The molecule has 2 saturated heterocycles. The van der Waals surface area contributed by atoms with E-state index in [4.69, 9.17) is 10.5 Å². The summed E-state index contributed by atoms with van der Waals surface area (Å²) in [4.78, 5) is 18.0. The first kappa shape index (κ1) is 19.8. The second kappa shape index (κ2) is 7.38. The predicted octanol–water partition coefficient (Wildman–Crippen LogP) is 0.435. The number of nitrogens with zero attached hydrogens (tertiary/aromatic N) is 4. The minimum atomic E-state index is -2.96. The lowest BCUT2D eigenvalue weighted by atomic mass is 10.1. The van der Waals surface area contributed by atoms with Crippen molar-refractivity contribution in [3.05, 3.63) is 30.2 Å². The van der Waals surface area contributed by atoms with Crippen LogP contribution in [0.15, 0.2) is 24.7 Å². The fraction of sp³-hybridized carbons (Fsp3) is 0.500. The Morgan fingerprint density at radius 1 is 1.31 bits per heavy atom. The molecule has 2 fully saturated rings. The number of ether oxygens (including phenoxy) is 1. The fourth-order valence-electron chi connectivity index (χ4n) is 3.57. The largest absolute Gasteiger partial charge is 0.471 e. The normalized spacial score (nSPS) is 24.8. The molecule has 9 nitrogen and oxygen atoms in total. The molecule has 2 aromatic heterocycles.